The molecule has 0 aliphatic heterocycles. The van der Waals surface area contributed by atoms with Gasteiger partial charge in [0.2, 0.25) is 5.88 Å². The normalized spacial score (nSPS) is 10.7. The third-order valence-electron chi connectivity index (χ3n) is 3.91. The van der Waals surface area contributed by atoms with Crippen molar-refractivity contribution in [2.75, 3.05) is 11.1 Å². The highest BCUT2D eigenvalue weighted by Crippen LogP contribution is 2.34. The Morgan fingerprint density at radius 3 is 2.31 bits per heavy atom. The molecule has 3 rings (SSSR count). The summed E-state index contributed by atoms with van der Waals surface area (Å²) in [6.07, 6.45) is 1.40. The number of anilines is 3. The summed E-state index contributed by atoms with van der Waals surface area (Å²) in [5.41, 5.74) is 10.2. The lowest BCUT2D eigenvalue weighted by Gasteiger charge is -2.14. The van der Waals surface area contributed by atoms with Gasteiger partial charge in [0, 0.05) is 15.7 Å². The van der Waals surface area contributed by atoms with E-state index in [4.69, 9.17) is 33.7 Å². The summed E-state index contributed by atoms with van der Waals surface area (Å²) >= 11 is 12.2. The van der Waals surface area contributed by atoms with Gasteiger partial charge in [0.05, 0.1) is 0 Å². The van der Waals surface area contributed by atoms with Gasteiger partial charge in [-0.3, -0.25) is 0 Å². The summed E-state index contributed by atoms with van der Waals surface area (Å²) in [4.78, 5) is 8.35. The fourth-order valence-electron chi connectivity index (χ4n) is 2.53. The van der Waals surface area contributed by atoms with Crippen molar-refractivity contribution >= 4 is 40.4 Å². The van der Waals surface area contributed by atoms with Crippen LogP contribution in [0.3, 0.4) is 0 Å². The van der Waals surface area contributed by atoms with Crippen molar-refractivity contribution in [3.63, 3.8) is 0 Å². The number of hydrogen-bond acceptors (Lipinski definition) is 5. The highest BCUT2D eigenvalue weighted by molar-refractivity contribution is 6.32. The number of benzene rings is 2. The van der Waals surface area contributed by atoms with Crippen LogP contribution in [0.25, 0.3) is 0 Å². The maximum Gasteiger partial charge on any atom is 0.248 e. The molecule has 7 heteroatoms. The van der Waals surface area contributed by atoms with Crippen LogP contribution >= 0.6 is 23.2 Å². The number of hydrogen-bond donors (Lipinski definition) is 2. The van der Waals surface area contributed by atoms with Crippen molar-refractivity contribution in [1.82, 2.24) is 9.97 Å². The number of nitrogens with two attached hydrogens (primary N) is 1. The Morgan fingerprint density at radius 2 is 1.65 bits per heavy atom. The minimum absolute atomic E-state index is 0.273. The predicted octanol–water partition coefficient (Wildman–Crippen LogP) is 5.83. The highest BCUT2D eigenvalue weighted by atomic mass is 35.5. The Labute approximate surface area is 162 Å². The number of ether oxygens (including phenoxy) is 1. The molecule has 0 atom stereocenters. The molecule has 5 nitrogen and oxygen atoms in total. The maximum absolute atomic E-state index is 6.20. The van der Waals surface area contributed by atoms with E-state index in [1.54, 1.807) is 6.07 Å². The van der Waals surface area contributed by atoms with Gasteiger partial charge in [-0.25, -0.2) is 4.98 Å². The lowest BCUT2D eigenvalue weighted by Crippen LogP contribution is -2.04. The molecule has 0 bridgehead atoms. The molecule has 0 saturated heterocycles. The molecule has 3 aromatic rings. The van der Waals surface area contributed by atoms with Crippen molar-refractivity contribution in [2.24, 2.45) is 0 Å². The zero-order valence-corrected chi connectivity index (χ0v) is 16.1. The molecule has 0 fully saturated rings. The number of rotatable bonds is 4. The van der Waals surface area contributed by atoms with Gasteiger partial charge < -0.3 is 15.8 Å². The third kappa shape index (κ3) is 3.84. The summed E-state index contributed by atoms with van der Waals surface area (Å²) in [5.74, 6) is 1.35. The molecule has 0 spiro atoms. The van der Waals surface area contributed by atoms with E-state index in [2.05, 4.69) is 15.3 Å². The van der Waals surface area contributed by atoms with Gasteiger partial charge in [0.15, 0.2) is 5.82 Å². The number of nitrogens with zero attached hydrogens (tertiary/aromatic N) is 2. The smallest absolute Gasteiger partial charge is 0.248 e. The average molecular weight is 389 g/mol. The summed E-state index contributed by atoms with van der Waals surface area (Å²) in [5, 5.41) is 4.57. The van der Waals surface area contributed by atoms with Crippen LogP contribution < -0.4 is 15.8 Å². The molecule has 0 unspecified atom stereocenters. The topological polar surface area (TPSA) is 73.1 Å². The van der Waals surface area contributed by atoms with E-state index in [1.165, 1.54) is 6.33 Å². The Kier molecular flexibility index (Phi) is 5.20. The third-order valence-corrected chi connectivity index (χ3v) is 4.74. The first kappa shape index (κ1) is 18.3. The van der Waals surface area contributed by atoms with Crippen molar-refractivity contribution in [1.29, 1.82) is 0 Å². The van der Waals surface area contributed by atoms with Gasteiger partial charge in [-0.15, -0.1) is 0 Å². The Bertz CT molecular complexity index is 953. The number of aromatic nitrogens is 2. The number of nitrogens with one attached hydrogen (secondary N) is 1. The second-order valence-corrected chi connectivity index (χ2v) is 6.81. The van der Waals surface area contributed by atoms with Gasteiger partial charge in [-0.05, 0) is 67.8 Å². The van der Waals surface area contributed by atoms with E-state index in [0.717, 1.165) is 22.4 Å². The van der Waals surface area contributed by atoms with Crippen LogP contribution in [0.4, 0.5) is 17.2 Å². The summed E-state index contributed by atoms with van der Waals surface area (Å²) < 4.78 is 5.86. The molecule has 1 aromatic heterocycles. The molecule has 3 N–H and O–H groups in total. The van der Waals surface area contributed by atoms with E-state index in [0.29, 0.717) is 27.3 Å². The van der Waals surface area contributed by atoms with E-state index < -0.39 is 0 Å². The largest absolute Gasteiger partial charge is 0.437 e. The first-order valence-corrected chi connectivity index (χ1v) is 8.69. The van der Waals surface area contributed by atoms with E-state index >= 15 is 0 Å². The van der Waals surface area contributed by atoms with E-state index in [-0.39, 0.29) is 5.88 Å². The highest BCUT2D eigenvalue weighted by Gasteiger charge is 2.13. The van der Waals surface area contributed by atoms with Crippen molar-refractivity contribution < 1.29 is 4.74 Å². The molecule has 0 aliphatic rings. The summed E-state index contributed by atoms with van der Waals surface area (Å²) in [7, 11) is 0. The van der Waals surface area contributed by atoms with Gasteiger partial charge in [0.25, 0.3) is 0 Å². The van der Waals surface area contributed by atoms with Crippen molar-refractivity contribution in [3.05, 3.63) is 63.4 Å². The zero-order chi connectivity index (χ0) is 18.8. The van der Waals surface area contributed by atoms with Crippen LogP contribution in [0.5, 0.6) is 11.6 Å². The minimum atomic E-state index is 0.273. The second-order valence-electron chi connectivity index (χ2n) is 6.00. The van der Waals surface area contributed by atoms with Crippen LogP contribution in [0.15, 0.2) is 36.7 Å². The van der Waals surface area contributed by atoms with Gasteiger partial charge in [-0.1, -0.05) is 23.2 Å². The molecule has 0 amide bonds. The Hall–Kier alpha value is -2.50. The second kappa shape index (κ2) is 7.40. The standard InChI is InChI=1S/C19H18Cl2N4O/c1-10-6-13(20)4-5-15(10)25-18-17(22)19(24-9-23-18)26-14-7-11(2)16(21)12(3)8-14/h4-9H,22H2,1-3H3,(H,23,24,25). The lowest BCUT2D eigenvalue weighted by atomic mass is 10.1. The monoisotopic (exact) mass is 388 g/mol. The van der Waals surface area contributed by atoms with Crippen LogP contribution in [0.1, 0.15) is 16.7 Å². The quantitative estimate of drug-likeness (QED) is 0.588. The van der Waals surface area contributed by atoms with Crippen molar-refractivity contribution in [2.45, 2.75) is 20.8 Å². The molecule has 0 radical (unpaired) electrons. The molecular formula is C19H18Cl2N4O. The minimum Gasteiger partial charge on any atom is -0.437 e. The molecule has 26 heavy (non-hydrogen) atoms. The van der Waals surface area contributed by atoms with Gasteiger partial charge >= 0.3 is 0 Å². The molecule has 1 heterocycles. The van der Waals surface area contributed by atoms with E-state index in [1.807, 2.05) is 45.0 Å². The number of aryl methyl sites for hydroxylation is 3. The average Bonchev–Trinajstić information content (AvgIpc) is 2.58. The zero-order valence-electron chi connectivity index (χ0n) is 14.6. The molecular weight excluding hydrogens is 371 g/mol. The fraction of sp³-hybridized carbons (Fsp3) is 0.158. The van der Waals surface area contributed by atoms with Crippen LogP contribution in [0, 0.1) is 20.8 Å². The lowest BCUT2D eigenvalue weighted by molar-refractivity contribution is 0.464. The first-order valence-electron chi connectivity index (χ1n) is 7.93. The van der Waals surface area contributed by atoms with Gasteiger partial charge in [-0.2, -0.15) is 4.98 Å². The van der Waals surface area contributed by atoms with Gasteiger partial charge in [0.1, 0.15) is 17.8 Å². The van der Waals surface area contributed by atoms with Crippen LogP contribution in [0.2, 0.25) is 10.0 Å². The molecule has 134 valence electrons. The van der Waals surface area contributed by atoms with E-state index in [9.17, 15) is 0 Å². The molecule has 0 saturated carbocycles. The van der Waals surface area contributed by atoms with Crippen LogP contribution in [-0.4, -0.2) is 9.97 Å². The fourth-order valence-corrected chi connectivity index (χ4v) is 2.87. The molecule has 0 aliphatic carbocycles. The summed E-state index contributed by atoms with van der Waals surface area (Å²) in [6, 6.07) is 9.20. The molecule has 2 aromatic carbocycles. The first-order chi connectivity index (χ1) is 12.3. The SMILES string of the molecule is Cc1cc(Cl)ccc1Nc1ncnc(Oc2cc(C)c(Cl)c(C)c2)c1N. The summed E-state index contributed by atoms with van der Waals surface area (Å²) in [6.45, 7) is 5.78. The Balaban J connectivity index is 1.90. The number of halogens is 2. The maximum atomic E-state index is 6.20. The van der Waals surface area contributed by atoms with Crippen molar-refractivity contribution in [3.8, 4) is 11.6 Å². The van der Waals surface area contributed by atoms with Crippen LogP contribution in [-0.2, 0) is 0 Å². The predicted molar refractivity (Wildman–Crippen MR) is 107 cm³/mol. The Morgan fingerprint density at radius 1 is 0.962 bits per heavy atom. The number of nitrogen functional groups attached to an aromatic ring is 1.